The highest BCUT2D eigenvalue weighted by Crippen LogP contribution is 2.38. The fourth-order valence-electron chi connectivity index (χ4n) is 1.03. The van der Waals surface area contributed by atoms with Gasteiger partial charge < -0.3 is 0 Å². The van der Waals surface area contributed by atoms with Gasteiger partial charge in [-0.3, -0.25) is 4.79 Å². The van der Waals surface area contributed by atoms with Gasteiger partial charge in [0, 0.05) is 12.3 Å². The second-order valence-electron chi connectivity index (χ2n) is 2.64. The Morgan fingerprint density at radius 2 is 2.25 bits per heavy atom. The smallest absolute Gasteiger partial charge is 0.135 e. The summed E-state index contributed by atoms with van der Waals surface area (Å²) in [6.45, 7) is 4.08. The molecule has 0 N–H and O–H groups in total. The third-order valence-electron chi connectivity index (χ3n) is 1.87. The summed E-state index contributed by atoms with van der Waals surface area (Å²) < 4.78 is 0. The Labute approximate surface area is 50.1 Å². The van der Waals surface area contributed by atoms with Crippen LogP contribution in [0.1, 0.15) is 26.7 Å². The Bertz CT molecular complexity index is 107. The van der Waals surface area contributed by atoms with Crippen LogP contribution in [0.15, 0.2) is 0 Å². The molecular formula is C7H12O. The Morgan fingerprint density at radius 1 is 1.75 bits per heavy atom. The van der Waals surface area contributed by atoms with Crippen molar-refractivity contribution in [2.75, 3.05) is 0 Å². The molecule has 1 fully saturated rings. The highest BCUT2D eigenvalue weighted by Gasteiger charge is 2.37. The van der Waals surface area contributed by atoms with Crippen molar-refractivity contribution in [3.8, 4) is 0 Å². The first-order valence-electron chi connectivity index (χ1n) is 3.28. The molecule has 0 amide bonds. The average molecular weight is 112 g/mol. The van der Waals surface area contributed by atoms with Crippen LogP contribution >= 0.6 is 0 Å². The van der Waals surface area contributed by atoms with Crippen LogP contribution in [0, 0.1) is 11.8 Å². The van der Waals surface area contributed by atoms with Crippen LogP contribution in [-0.2, 0) is 4.79 Å². The second kappa shape index (κ2) is 1.88. The maximum atomic E-state index is 10.8. The molecule has 0 radical (unpaired) electrons. The molecular weight excluding hydrogens is 100 g/mol. The minimum atomic E-state index is 0.444. The predicted molar refractivity (Wildman–Crippen MR) is 32.6 cm³/mol. The molecule has 0 heterocycles. The van der Waals surface area contributed by atoms with Gasteiger partial charge in [-0.1, -0.05) is 13.8 Å². The van der Waals surface area contributed by atoms with E-state index >= 15 is 0 Å². The lowest BCUT2D eigenvalue weighted by Crippen LogP contribution is -1.97. The summed E-state index contributed by atoms with van der Waals surface area (Å²) in [6.07, 6.45) is 1.88. The number of ketones is 1. The fraction of sp³-hybridized carbons (Fsp3) is 0.857. The number of carbonyl (C=O) groups excluding carboxylic acids is 1. The topological polar surface area (TPSA) is 17.1 Å². The van der Waals surface area contributed by atoms with Crippen LogP contribution in [0.25, 0.3) is 0 Å². The highest BCUT2D eigenvalue weighted by molar-refractivity contribution is 5.83. The van der Waals surface area contributed by atoms with Crippen LogP contribution in [0.3, 0.4) is 0 Å². The van der Waals surface area contributed by atoms with Crippen LogP contribution in [0.2, 0.25) is 0 Å². The zero-order valence-electron chi connectivity index (χ0n) is 5.48. The van der Waals surface area contributed by atoms with E-state index in [2.05, 4.69) is 6.92 Å². The van der Waals surface area contributed by atoms with Crippen molar-refractivity contribution >= 4 is 5.78 Å². The van der Waals surface area contributed by atoms with Gasteiger partial charge in [-0.05, 0) is 12.3 Å². The van der Waals surface area contributed by atoms with E-state index in [4.69, 9.17) is 0 Å². The minimum Gasteiger partial charge on any atom is -0.299 e. The predicted octanol–water partition coefficient (Wildman–Crippen LogP) is 1.62. The molecule has 1 saturated carbocycles. The molecule has 0 saturated heterocycles. The maximum Gasteiger partial charge on any atom is 0.135 e. The van der Waals surface area contributed by atoms with Crippen LogP contribution in [-0.4, -0.2) is 5.78 Å². The summed E-state index contributed by atoms with van der Waals surface area (Å²) in [7, 11) is 0. The zero-order chi connectivity index (χ0) is 6.15. The average Bonchev–Trinajstić information content (AvgIpc) is 2.45. The van der Waals surface area contributed by atoms with E-state index in [0.29, 0.717) is 17.6 Å². The van der Waals surface area contributed by atoms with Crippen molar-refractivity contribution in [2.24, 2.45) is 11.8 Å². The molecule has 0 aromatic carbocycles. The van der Waals surface area contributed by atoms with Crippen LogP contribution < -0.4 is 0 Å². The Hall–Kier alpha value is -0.330. The number of Topliss-reactive ketones (excluding diaryl/α,β-unsaturated/α-hetero) is 1. The van der Waals surface area contributed by atoms with Gasteiger partial charge in [0.1, 0.15) is 5.78 Å². The SMILES string of the molecule is CCC(=O)C1CC1C. The molecule has 2 atom stereocenters. The van der Waals surface area contributed by atoms with E-state index in [1.807, 2.05) is 6.92 Å². The maximum absolute atomic E-state index is 10.8. The molecule has 0 spiro atoms. The Morgan fingerprint density at radius 3 is 2.38 bits per heavy atom. The minimum absolute atomic E-state index is 0.444. The largest absolute Gasteiger partial charge is 0.299 e. The molecule has 1 rings (SSSR count). The number of rotatable bonds is 2. The normalized spacial score (nSPS) is 34.8. The van der Waals surface area contributed by atoms with E-state index in [9.17, 15) is 4.79 Å². The van der Waals surface area contributed by atoms with Crippen molar-refractivity contribution in [3.63, 3.8) is 0 Å². The monoisotopic (exact) mass is 112 g/mol. The third kappa shape index (κ3) is 0.908. The lowest BCUT2D eigenvalue weighted by atomic mass is 10.2. The second-order valence-corrected chi connectivity index (χ2v) is 2.64. The van der Waals surface area contributed by atoms with E-state index in [-0.39, 0.29) is 0 Å². The first-order valence-corrected chi connectivity index (χ1v) is 3.28. The number of carbonyl (C=O) groups is 1. The number of hydrogen-bond donors (Lipinski definition) is 0. The molecule has 0 aliphatic heterocycles. The molecule has 1 nitrogen and oxygen atoms in total. The van der Waals surface area contributed by atoms with E-state index in [0.717, 1.165) is 12.8 Å². The first kappa shape index (κ1) is 5.80. The van der Waals surface area contributed by atoms with Crippen LogP contribution in [0.4, 0.5) is 0 Å². The van der Waals surface area contributed by atoms with Crippen molar-refractivity contribution in [2.45, 2.75) is 26.7 Å². The Balaban J connectivity index is 2.28. The summed E-state index contributed by atoms with van der Waals surface area (Å²) in [5, 5.41) is 0. The van der Waals surface area contributed by atoms with Crippen molar-refractivity contribution in [1.82, 2.24) is 0 Å². The summed E-state index contributed by atoms with van der Waals surface area (Å²) in [6, 6.07) is 0. The van der Waals surface area contributed by atoms with Gasteiger partial charge in [0.2, 0.25) is 0 Å². The van der Waals surface area contributed by atoms with Gasteiger partial charge in [0.05, 0.1) is 0 Å². The van der Waals surface area contributed by atoms with E-state index in [1.54, 1.807) is 0 Å². The molecule has 0 aromatic heterocycles. The summed E-state index contributed by atoms with van der Waals surface area (Å²) in [5.74, 6) is 1.60. The quantitative estimate of drug-likeness (QED) is 0.530. The standard InChI is InChI=1S/C7H12O/c1-3-7(8)6-4-5(6)2/h5-6H,3-4H2,1-2H3. The van der Waals surface area contributed by atoms with Crippen LogP contribution in [0.5, 0.6) is 0 Å². The van der Waals surface area contributed by atoms with Gasteiger partial charge in [0.15, 0.2) is 0 Å². The molecule has 0 aromatic rings. The molecule has 0 bridgehead atoms. The molecule has 1 heteroatoms. The van der Waals surface area contributed by atoms with Gasteiger partial charge in [-0.15, -0.1) is 0 Å². The number of hydrogen-bond acceptors (Lipinski definition) is 1. The van der Waals surface area contributed by atoms with Gasteiger partial charge >= 0.3 is 0 Å². The highest BCUT2D eigenvalue weighted by atomic mass is 16.1. The molecule has 46 valence electrons. The lowest BCUT2D eigenvalue weighted by molar-refractivity contribution is -0.120. The third-order valence-corrected chi connectivity index (χ3v) is 1.87. The van der Waals surface area contributed by atoms with Gasteiger partial charge in [-0.2, -0.15) is 0 Å². The first-order chi connectivity index (χ1) is 3.75. The van der Waals surface area contributed by atoms with Gasteiger partial charge in [0.25, 0.3) is 0 Å². The lowest BCUT2D eigenvalue weighted by Gasteiger charge is -1.87. The summed E-state index contributed by atoms with van der Waals surface area (Å²) in [4.78, 5) is 10.8. The van der Waals surface area contributed by atoms with Crippen molar-refractivity contribution in [3.05, 3.63) is 0 Å². The Kier molecular flexibility index (Phi) is 1.37. The molecule has 1 aliphatic rings. The fourth-order valence-corrected chi connectivity index (χ4v) is 1.03. The van der Waals surface area contributed by atoms with E-state index < -0.39 is 0 Å². The summed E-state index contributed by atoms with van der Waals surface area (Å²) in [5.41, 5.74) is 0. The molecule has 1 aliphatic carbocycles. The zero-order valence-corrected chi connectivity index (χ0v) is 5.48. The van der Waals surface area contributed by atoms with Crippen molar-refractivity contribution < 1.29 is 4.79 Å². The summed E-state index contributed by atoms with van der Waals surface area (Å²) >= 11 is 0. The molecule has 2 unspecified atom stereocenters. The van der Waals surface area contributed by atoms with Crippen molar-refractivity contribution in [1.29, 1.82) is 0 Å². The molecule has 8 heavy (non-hydrogen) atoms. The van der Waals surface area contributed by atoms with E-state index in [1.165, 1.54) is 0 Å². The van der Waals surface area contributed by atoms with Gasteiger partial charge in [-0.25, -0.2) is 0 Å².